The number of amides is 1. The van der Waals surface area contributed by atoms with Crippen molar-refractivity contribution in [3.63, 3.8) is 0 Å². The van der Waals surface area contributed by atoms with Gasteiger partial charge in [0.25, 0.3) is 5.91 Å². The molecule has 0 atom stereocenters. The lowest BCUT2D eigenvalue weighted by Gasteiger charge is -2.25. The molecule has 88 valence electrons. The second kappa shape index (κ2) is 4.80. The van der Waals surface area contributed by atoms with Crippen molar-refractivity contribution in [3.05, 3.63) is 29.0 Å². The van der Waals surface area contributed by atoms with Crippen LogP contribution in [0, 0.1) is 0 Å². The Morgan fingerprint density at radius 3 is 2.75 bits per heavy atom. The number of nitrogens with zero attached hydrogens (tertiary/aromatic N) is 2. The van der Waals surface area contributed by atoms with Crippen LogP contribution in [0.15, 0.2) is 18.3 Å². The Kier molecular flexibility index (Phi) is 3.88. The molecule has 0 saturated heterocycles. The summed E-state index contributed by atoms with van der Waals surface area (Å²) >= 11 is 5.70. The van der Waals surface area contributed by atoms with E-state index in [0.717, 1.165) is 0 Å². The highest BCUT2D eigenvalue weighted by molar-refractivity contribution is 6.29. The van der Waals surface area contributed by atoms with E-state index < -0.39 is 5.60 Å². The SMILES string of the molecule is CN(CC(C)(C)O)C(=O)c1ccnc(Cl)c1. The summed E-state index contributed by atoms with van der Waals surface area (Å²) in [6, 6.07) is 3.10. The van der Waals surface area contributed by atoms with Gasteiger partial charge in [-0.25, -0.2) is 4.98 Å². The van der Waals surface area contributed by atoms with Crippen molar-refractivity contribution >= 4 is 17.5 Å². The average molecular weight is 243 g/mol. The molecule has 4 nitrogen and oxygen atoms in total. The fourth-order valence-corrected chi connectivity index (χ4v) is 1.58. The zero-order chi connectivity index (χ0) is 12.3. The van der Waals surface area contributed by atoms with Crippen molar-refractivity contribution in [3.8, 4) is 0 Å². The van der Waals surface area contributed by atoms with Crippen LogP contribution in [0.4, 0.5) is 0 Å². The Hall–Kier alpha value is -1.13. The van der Waals surface area contributed by atoms with Crippen LogP contribution in [0.1, 0.15) is 24.2 Å². The van der Waals surface area contributed by atoms with Crippen LogP contribution >= 0.6 is 11.6 Å². The smallest absolute Gasteiger partial charge is 0.253 e. The van der Waals surface area contributed by atoms with Crippen LogP contribution in [0.25, 0.3) is 0 Å². The van der Waals surface area contributed by atoms with Gasteiger partial charge >= 0.3 is 0 Å². The van der Waals surface area contributed by atoms with E-state index in [-0.39, 0.29) is 17.6 Å². The molecule has 0 fully saturated rings. The van der Waals surface area contributed by atoms with Crippen LogP contribution in [0.5, 0.6) is 0 Å². The summed E-state index contributed by atoms with van der Waals surface area (Å²) in [5, 5.41) is 9.89. The van der Waals surface area contributed by atoms with E-state index in [4.69, 9.17) is 11.6 Å². The number of aromatic nitrogens is 1. The number of hydrogen-bond acceptors (Lipinski definition) is 3. The average Bonchev–Trinajstić information content (AvgIpc) is 2.14. The van der Waals surface area contributed by atoms with Crippen molar-refractivity contribution in [1.29, 1.82) is 0 Å². The maximum atomic E-state index is 11.9. The molecular weight excluding hydrogens is 228 g/mol. The minimum atomic E-state index is -0.915. The molecule has 0 aliphatic rings. The van der Waals surface area contributed by atoms with Gasteiger partial charge in [0.1, 0.15) is 5.15 Å². The van der Waals surface area contributed by atoms with Gasteiger partial charge in [0.15, 0.2) is 0 Å². The van der Waals surface area contributed by atoms with Crippen molar-refractivity contribution in [2.24, 2.45) is 0 Å². The van der Waals surface area contributed by atoms with E-state index in [1.54, 1.807) is 27.0 Å². The summed E-state index contributed by atoms with van der Waals surface area (Å²) in [5.74, 6) is -0.188. The third kappa shape index (κ3) is 3.79. The Morgan fingerprint density at radius 1 is 1.62 bits per heavy atom. The van der Waals surface area contributed by atoms with Gasteiger partial charge < -0.3 is 10.0 Å². The van der Waals surface area contributed by atoms with Gasteiger partial charge in [-0.05, 0) is 26.0 Å². The molecular formula is C11H15ClN2O2. The molecule has 0 saturated carbocycles. The van der Waals surface area contributed by atoms with Gasteiger partial charge in [-0.2, -0.15) is 0 Å². The molecule has 1 aromatic heterocycles. The van der Waals surface area contributed by atoms with Crippen LogP contribution in [0.2, 0.25) is 5.15 Å². The molecule has 1 aromatic rings. The summed E-state index contributed by atoms with van der Waals surface area (Å²) in [5.41, 5.74) is -0.451. The summed E-state index contributed by atoms with van der Waals surface area (Å²) in [6.45, 7) is 3.55. The summed E-state index contributed by atoms with van der Waals surface area (Å²) < 4.78 is 0. The number of carbonyl (C=O) groups is 1. The van der Waals surface area contributed by atoms with Gasteiger partial charge in [0, 0.05) is 25.4 Å². The zero-order valence-corrected chi connectivity index (χ0v) is 10.3. The molecule has 0 aliphatic carbocycles. The normalized spacial score (nSPS) is 11.3. The molecule has 0 unspecified atom stereocenters. The van der Waals surface area contributed by atoms with Gasteiger partial charge in [-0.3, -0.25) is 4.79 Å². The van der Waals surface area contributed by atoms with Gasteiger partial charge in [-0.1, -0.05) is 11.6 Å². The molecule has 0 aliphatic heterocycles. The maximum absolute atomic E-state index is 11.9. The fourth-order valence-electron chi connectivity index (χ4n) is 1.41. The highest BCUT2D eigenvalue weighted by Gasteiger charge is 2.20. The highest BCUT2D eigenvalue weighted by atomic mass is 35.5. The predicted octanol–water partition coefficient (Wildman–Crippen LogP) is 1.58. The van der Waals surface area contributed by atoms with E-state index in [1.165, 1.54) is 17.2 Å². The molecule has 16 heavy (non-hydrogen) atoms. The summed E-state index contributed by atoms with van der Waals surface area (Å²) in [6.07, 6.45) is 1.48. The third-order valence-corrected chi connectivity index (χ3v) is 2.15. The minimum absolute atomic E-state index is 0.188. The van der Waals surface area contributed by atoms with Crippen molar-refractivity contribution in [2.75, 3.05) is 13.6 Å². The number of rotatable bonds is 3. The Bertz CT molecular complexity index is 388. The molecule has 0 spiro atoms. The number of pyridine rings is 1. The van der Waals surface area contributed by atoms with Crippen molar-refractivity contribution in [1.82, 2.24) is 9.88 Å². The first kappa shape index (κ1) is 12.9. The van der Waals surface area contributed by atoms with Crippen molar-refractivity contribution in [2.45, 2.75) is 19.4 Å². The van der Waals surface area contributed by atoms with Gasteiger partial charge in [-0.15, -0.1) is 0 Å². The van der Waals surface area contributed by atoms with Crippen molar-refractivity contribution < 1.29 is 9.90 Å². The standard InChI is InChI=1S/C11H15ClN2O2/c1-11(2,16)7-14(3)10(15)8-4-5-13-9(12)6-8/h4-6,16H,7H2,1-3H3. The molecule has 0 aromatic carbocycles. The zero-order valence-electron chi connectivity index (χ0n) is 9.57. The molecule has 1 rings (SSSR count). The maximum Gasteiger partial charge on any atom is 0.253 e. The summed E-state index contributed by atoms with van der Waals surface area (Å²) in [7, 11) is 1.63. The van der Waals surface area contributed by atoms with E-state index >= 15 is 0 Å². The molecule has 1 heterocycles. The quantitative estimate of drug-likeness (QED) is 0.819. The van der Waals surface area contributed by atoms with Gasteiger partial charge in [0.05, 0.1) is 5.60 Å². The number of hydrogen-bond donors (Lipinski definition) is 1. The number of likely N-dealkylation sites (N-methyl/N-ethyl adjacent to an activating group) is 1. The Balaban J connectivity index is 2.78. The van der Waals surface area contributed by atoms with Crippen LogP contribution < -0.4 is 0 Å². The second-order valence-corrected chi connectivity index (χ2v) is 4.73. The monoisotopic (exact) mass is 242 g/mol. The largest absolute Gasteiger partial charge is 0.389 e. The first-order valence-corrected chi connectivity index (χ1v) is 5.27. The molecule has 0 radical (unpaired) electrons. The topological polar surface area (TPSA) is 53.4 Å². The lowest BCUT2D eigenvalue weighted by Crippen LogP contribution is -2.39. The molecule has 1 N–H and O–H groups in total. The molecule has 5 heteroatoms. The number of carbonyl (C=O) groups excluding carboxylic acids is 1. The fraction of sp³-hybridized carbons (Fsp3) is 0.455. The van der Waals surface area contributed by atoms with Crippen LogP contribution in [-0.2, 0) is 0 Å². The Labute approximate surface area is 99.9 Å². The Morgan fingerprint density at radius 2 is 2.25 bits per heavy atom. The lowest BCUT2D eigenvalue weighted by molar-refractivity contribution is 0.0368. The van der Waals surface area contributed by atoms with Crippen LogP contribution in [-0.4, -0.2) is 40.1 Å². The third-order valence-electron chi connectivity index (χ3n) is 1.94. The first-order chi connectivity index (χ1) is 7.29. The minimum Gasteiger partial charge on any atom is -0.389 e. The predicted molar refractivity (Wildman–Crippen MR) is 62.5 cm³/mol. The van der Waals surface area contributed by atoms with E-state index in [9.17, 15) is 9.90 Å². The molecule has 1 amide bonds. The second-order valence-electron chi connectivity index (χ2n) is 4.34. The van der Waals surface area contributed by atoms with E-state index in [2.05, 4.69) is 4.98 Å². The lowest BCUT2D eigenvalue weighted by atomic mass is 10.1. The first-order valence-electron chi connectivity index (χ1n) is 4.89. The molecule has 0 bridgehead atoms. The van der Waals surface area contributed by atoms with Gasteiger partial charge in [0.2, 0.25) is 0 Å². The van der Waals surface area contributed by atoms with E-state index in [1.807, 2.05) is 0 Å². The summed E-state index contributed by atoms with van der Waals surface area (Å²) in [4.78, 5) is 17.2. The van der Waals surface area contributed by atoms with Crippen LogP contribution in [0.3, 0.4) is 0 Å². The number of aliphatic hydroxyl groups is 1. The van der Waals surface area contributed by atoms with E-state index in [0.29, 0.717) is 5.56 Å². The number of halogens is 1. The highest BCUT2D eigenvalue weighted by Crippen LogP contribution is 2.11.